The van der Waals surface area contributed by atoms with Crippen LogP contribution in [0.3, 0.4) is 0 Å². The third kappa shape index (κ3) is 2.83. The molecule has 2 heterocycles. The maximum absolute atomic E-state index is 12.0. The Balaban J connectivity index is 2.17. The number of carbonyl (C=O) groups is 1. The van der Waals surface area contributed by atoms with E-state index in [1.54, 1.807) is 23.0 Å². The number of aromatic carboxylic acids is 1. The molecular weight excluding hydrogens is 326 g/mol. The molecule has 2 aromatic heterocycles. The summed E-state index contributed by atoms with van der Waals surface area (Å²) in [6.45, 7) is 4.36. The zero-order chi connectivity index (χ0) is 17.4. The monoisotopic (exact) mass is 343 g/mol. The number of nitrogens with zero attached hydrogens (tertiary/aromatic N) is 3. The summed E-state index contributed by atoms with van der Waals surface area (Å²) in [5.74, 6) is -0.944. The van der Waals surface area contributed by atoms with Gasteiger partial charge in [0.05, 0.1) is 12.7 Å². The SMILES string of the molecule is Cc1c(-c2ccc(Cl)cc2)c(C(=O)O)n(Cc2cnn(C)c2)c1C. The molecule has 0 fully saturated rings. The molecule has 0 amide bonds. The second-order valence-corrected chi connectivity index (χ2v) is 6.29. The molecule has 1 N–H and O–H groups in total. The summed E-state index contributed by atoms with van der Waals surface area (Å²) in [6, 6.07) is 7.25. The largest absolute Gasteiger partial charge is 0.477 e. The molecule has 0 saturated carbocycles. The molecule has 6 heteroatoms. The van der Waals surface area contributed by atoms with E-state index in [0.29, 0.717) is 11.6 Å². The molecule has 0 radical (unpaired) electrons. The molecule has 0 unspecified atom stereocenters. The Morgan fingerprint density at radius 1 is 1.25 bits per heavy atom. The van der Waals surface area contributed by atoms with Gasteiger partial charge in [-0.05, 0) is 37.1 Å². The third-order valence-electron chi connectivity index (χ3n) is 4.26. The molecule has 0 atom stereocenters. The van der Waals surface area contributed by atoms with E-state index in [9.17, 15) is 9.90 Å². The summed E-state index contributed by atoms with van der Waals surface area (Å²) in [6.07, 6.45) is 3.64. The summed E-state index contributed by atoms with van der Waals surface area (Å²) in [5.41, 5.74) is 4.72. The van der Waals surface area contributed by atoms with Crippen molar-refractivity contribution < 1.29 is 9.90 Å². The minimum absolute atomic E-state index is 0.288. The van der Waals surface area contributed by atoms with Crippen LogP contribution >= 0.6 is 11.6 Å². The van der Waals surface area contributed by atoms with Crippen LogP contribution in [0.1, 0.15) is 27.3 Å². The average molecular weight is 344 g/mol. The number of aromatic nitrogens is 3. The first-order valence-corrected chi connectivity index (χ1v) is 7.92. The number of hydrogen-bond donors (Lipinski definition) is 1. The molecule has 124 valence electrons. The molecule has 1 aromatic carbocycles. The number of benzene rings is 1. The van der Waals surface area contributed by atoms with Crippen LogP contribution in [0.2, 0.25) is 5.02 Å². The highest BCUT2D eigenvalue weighted by molar-refractivity contribution is 6.30. The molecule has 0 spiro atoms. The quantitative estimate of drug-likeness (QED) is 0.781. The van der Waals surface area contributed by atoms with Gasteiger partial charge in [-0.25, -0.2) is 4.79 Å². The first-order valence-electron chi connectivity index (χ1n) is 7.55. The molecule has 3 rings (SSSR count). The fourth-order valence-electron chi connectivity index (χ4n) is 2.99. The van der Waals surface area contributed by atoms with Gasteiger partial charge in [-0.2, -0.15) is 5.10 Å². The minimum Gasteiger partial charge on any atom is -0.477 e. The zero-order valence-corrected chi connectivity index (χ0v) is 14.5. The summed E-state index contributed by atoms with van der Waals surface area (Å²) < 4.78 is 3.54. The Labute approximate surface area is 145 Å². The van der Waals surface area contributed by atoms with Gasteiger partial charge in [0.1, 0.15) is 5.69 Å². The van der Waals surface area contributed by atoms with Crippen molar-refractivity contribution in [2.75, 3.05) is 0 Å². The van der Waals surface area contributed by atoms with Crippen molar-refractivity contribution in [1.82, 2.24) is 14.3 Å². The summed E-state index contributed by atoms with van der Waals surface area (Å²) in [4.78, 5) is 12.0. The Kier molecular flexibility index (Phi) is 4.20. The number of carboxylic acid groups (broad SMARTS) is 1. The molecule has 0 bridgehead atoms. The van der Waals surface area contributed by atoms with Gasteiger partial charge in [-0.15, -0.1) is 0 Å². The highest BCUT2D eigenvalue weighted by Crippen LogP contribution is 2.33. The van der Waals surface area contributed by atoms with Crippen LogP contribution in [0, 0.1) is 13.8 Å². The van der Waals surface area contributed by atoms with E-state index in [1.807, 2.05) is 43.8 Å². The summed E-state index contributed by atoms with van der Waals surface area (Å²) >= 11 is 5.96. The maximum atomic E-state index is 12.0. The van der Waals surface area contributed by atoms with E-state index in [2.05, 4.69) is 5.10 Å². The van der Waals surface area contributed by atoms with Crippen molar-refractivity contribution in [3.63, 3.8) is 0 Å². The third-order valence-corrected chi connectivity index (χ3v) is 4.52. The molecular formula is C18H18ClN3O2. The minimum atomic E-state index is -0.944. The predicted octanol–water partition coefficient (Wildman–Crippen LogP) is 3.91. The molecule has 3 aromatic rings. The lowest BCUT2D eigenvalue weighted by molar-refractivity contribution is 0.0686. The summed E-state index contributed by atoms with van der Waals surface area (Å²) in [7, 11) is 1.84. The zero-order valence-electron chi connectivity index (χ0n) is 13.7. The van der Waals surface area contributed by atoms with Crippen molar-refractivity contribution in [3.05, 3.63) is 64.2 Å². The first-order chi connectivity index (χ1) is 11.4. The van der Waals surface area contributed by atoms with Crippen LogP contribution in [0.4, 0.5) is 0 Å². The van der Waals surface area contributed by atoms with Crippen LogP contribution in [0.5, 0.6) is 0 Å². The second kappa shape index (κ2) is 6.17. The van der Waals surface area contributed by atoms with E-state index in [1.165, 1.54) is 0 Å². The number of hydrogen-bond acceptors (Lipinski definition) is 2. The van der Waals surface area contributed by atoms with E-state index >= 15 is 0 Å². The van der Waals surface area contributed by atoms with Gasteiger partial charge in [0.25, 0.3) is 0 Å². The van der Waals surface area contributed by atoms with Gasteiger partial charge in [-0.1, -0.05) is 23.7 Å². The number of halogens is 1. The van der Waals surface area contributed by atoms with Gasteiger partial charge in [-0.3, -0.25) is 4.68 Å². The van der Waals surface area contributed by atoms with E-state index in [4.69, 9.17) is 11.6 Å². The normalized spacial score (nSPS) is 11.0. The Bertz CT molecular complexity index is 907. The Morgan fingerprint density at radius 3 is 2.46 bits per heavy atom. The average Bonchev–Trinajstić information content (AvgIpc) is 3.05. The number of aryl methyl sites for hydroxylation is 1. The fourth-order valence-corrected chi connectivity index (χ4v) is 3.12. The van der Waals surface area contributed by atoms with Crippen LogP contribution in [-0.4, -0.2) is 25.4 Å². The van der Waals surface area contributed by atoms with Gasteiger partial charge < -0.3 is 9.67 Å². The van der Waals surface area contributed by atoms with Crippen molar-refractivity contribution in [3.8, 4) is 11.1 Å². The Morgan fingerprint density at radius 2 is 1.92 bits per heavy atom. The molecule has 0 aliphatic rings. The molecule has 0 saturated heterocycles. The van der Waals surface area contributed by atoms with Crippen molar-refractivity contribution in [2.24, 2.45) is 7.05 Å². The summed E-state index contributed by atoms with van der Waals surface area (Å²) in [5, 5.41) is 14.6. The molecule has 5 nitrogen and oxygen atoms in total. The Hall–Kier alpha value is -2.53. The first kappa shape index (κ1) is 16.3. The molecule has 0 aliphatic heterocycles. The topological polar surface area (TPSA) is 60.0 Å². The lowest BCUT2D eigenvalue weighted by atomic mass is 10.0. The van der Waals surface area contributed by atoms with E-state index in [-0.39, 0.29) is 5.69 Å². The molecule has 0 aliphatic carbocycles. The van der Waals surface area contributed by atoms with Gasteiger partial charge in [0.2, 0.25) is 0 Å². The smallest absolute Gasteiger partial charge is 0.353 e. The van der Waals surface area contributed by atoms with Crippen molar-refractivity contribution in [2.45, 2.75) is 20.4 Å². The number of rotatable bonds is 4. The van der Waals surface area contributed by atoms with Gasteiger partial charge in [0, 0.05) is 35.1 Å². The lowest BCUT2D eigenvalue weighted by Gasteiger charge is -2.09. The highest BCUT2D eigenvalue weighted by Gasteiger charge is 2.24. The van der Waals surface area contributed by atoms with Crippen LogP contribution in [0.15, 0.2) is 36.7 Å². The standard InChI is InChI=1S/C18H18ClN3O2/c1-11-12(2)22(10-13-8-20-21(3)9-13)17(18(23)24)16(11)14-4-6-15(19)7-5-14/h4-9H,10H2,1-3H3,(H,23,24). The van der Waals surface area contributed by atoms with Gasteiger partial charge in [0.15, 0.2) is 0 Å². The lowest BCUT2D eigenvalue weighted by Crippen LogP contribution is -2.11. The maximum Gasteiger partial charge on any atom is 0.353 e. The van der Waals surface area contributed by atoms with E-state index < -0.39 is 5.97 Å². The highest BCUT2D eigenvalue weighted by atomic mass is 35.5. The van der Waals surface area contributed by atoms with Crippen LogP contribution in [0.25, 0.3) is 11.1 Å². The van der Waals surface area contributed by atoms with Gasteiger partial charge >= 0.3 is 5.97 Å². The van der Waals surface area contributed by atoms with E-state index in [0.717, 1.165) is 27.9 Å². The predicted molar refractivity (Wildman–Crippen MR) is 93.6 cm³/mol. The van der Waals surface area contributed by atoms with Crippen LogP contribution in [-0.2, 0) is 13.6 Å². The van der Waals surface area contributed by atoms with Crippen molar-refractivity contribution >= 4 is 17.6 Å². The molecule has 24 heavy (non-hydrogen) atoms. The van der Waals surface area contributed by atoms with Crippen LogP contribution < -0.4 is 0 Å². The second-order valence-electron chi connectivity index (χ2n) is 5.85. The van der Waals surface area contributed by atoms with Crippen molar-refractivity contribution in [1.29, 1.82) is 0 Å². The number of carboxylic acids is 1. The fraction of sp³-hybridized carbons (Fsp3) is 0.222.